The normalized spacial score (nSPS) is 14.7. The Morgan fingerprint density at radius 2 is 0.602 bits per heavy atom. The first-order valence-corrected chi connectivity index (χ1v) is 32.4. The highest BCUT2D eigenvalue weighted by molar-refractivity contribution is 6.26. The number of carbonyl (C=O) groups excluding carboxylic acids is 7. The molecule has 0 radical (unpaired) electrons. The maximum atomic E-state index is 14.9. The molecule has 2 aliphatic heterocycles. The summed E-state index contributed by atoms with van der Waals surface area (Å²) in [4.78, 5) is 105. The Balaban J connectivity index is 0.659. The molecule has 12 aromatic carbocycles. The van der Waals surface area contributed by atoms with Crippen LogP contribution in [0.15, 0.2) is 291 Å². The largest absolute Gasteiger partial charge is 0.399 e. The first kappa shape index (κ1) is 60.1. The number of ketones is 1. The van der Waals surface area contributed by atoms with Gasteiger partial charge < -0.3 is 22.1 Å². The maximum Gasteiger partial charge on any atom is 0.262 e. The monoisotopic (exact) mass is 1280 g/mol. The lowest BCUT2D eigenvalue weighted by molar-refractivity contribution is -0.120. The van der Waals surface area contributed by atoms with Crippen LogP contribution in [0.5, 0.6) is 0 Å². The molecule has 0 saturated carbocycles. The Morgan fingerprint density at radius 1 is 0.316 bits per heavy atom. The zero-order valence-electron chi connectivity index (χ0n) is 52.7. The average molecular weight is 1280 g/mol. The van der Waals surface area contributed by atoms with Crippen LogP contribution in [0.1, 0.15) is 113 Å². The molecule has 0 saturated heterocycles. The molecule has 2 unspecified atom stereocenters. The van der Waals surface area contributed by atoms with Crippen molar-refractivity contribution in [3.8, 4) is 22.3 Å². The fraction of sp³-hybridized carbons (Fsp3) is 0.0706. The van der Waals surface area contributed by atoms with E-state index in [0.29, 0.717) is 33.9 Å². The summed E-state index contributed by atoms with van der Waals surface area (Å²) in [5.41, 5.74) is 27.2. The number of amides is 6. The second kappa shape index (κ2) is 23.9. The van der Waals surface area contributed by atoms with Crippen molar-refractivity contribution in [2.75, 3.05) is 22.1 Å². The highest BCUT2D eigenvalue weighted by Crippen LogP contribution is 2.58. The van der Waals surface area contributed by atoms with E-state index in [0.717, 1.165) is 76.6 Å². The van der Waals surface area contributed by atoms with Crippen molar-refractivity contribution in [1.82, 2.24) is 9.80 Å². The van der Waals surface area contributed by atoms with Crippen LogP contribution in [0.25, 0.3) is 22.3 Å². The number of rotatable bonds is 16. The van der Waals surface area contributed by atoms with Crippen LogP contribution >= 0.6 is 0 Å². The zero-order chi connectivity index (χ0) is 67.0. The predicted octanol–water partition coefficient (Wildman–Crippen LogP) is 14.5. The summed E-state index contributed by atoms with van der Waals surface area (Å²) in [6, 6.07) is 88.2. The van der Waals surface area contributed by atoms with Crippen molar-refractivity contribution in [2.45, 2.75) is 35.8 Å². The van der Waals surface area contributed by atoms with E-state index in [2.05, 4.69) is 59.2 Å². The van der Waals surface area contributed by atoms with Crippen LogP contribution < -0.4 is 22.1 Å². The van der Waals surface area contributed by atoms with Gasteiger partial charge in [0.1, 0.15) is 12.1 Å². The summed E-state index contributed by atoms with van der Waals surface area (Å²) in [5, 5.41) is 6.05. The van der Waals surface area contributed by atoms with Gasteiger partial charge in [0.25, 0.3) is 23.6 Å². The number of nitrogen functional groups attached to an aromatic ring is 2. The van der Waals surface area contributed by atoms with E-state index in [9.17, 15) is 33.6 Å². The number of nitrogens with two attached hydrogens (primary N) is 2. The van der Waals surface area contributed by atoms with Crippen LogP contribution in [0, 0.1) is 0 Å². The predicted molar refractivity (Wildman–Crippen MR) is 379 cm³/mol. The minimum absolute atomic E-state index is 0.00310. The van der Waals surface area contributed by atoms with Gasteiger partial charge in [0.15, 0.2) is 5.78 Å². The molecule has 98 heavy (non-hydrogen) atoms. The Bertz CT molecular complexity index is 4870. The fourth-order valence-electron chi connectivity index (χ4n) is 15.4. The van der Waals surface area contributed by atoms with Gasteiger partial charge >= 0.3 is 0 Å². The third kappa shape index (κ3) is 9.64. The van der Waals surface area contributed by atoms with Gasteiger partial charge in [-0.05, 0) is 151 Å². The number of imide groups is 2. The van der Waals surface area contributed by atoms with Crippen molar-refractivity contribution < 1.29 is 33.6 Å². The molecule has 0 fully saturated rings. The molecule has 472 valence electrons. The SMILES string of the molecule is Nc1ccc(C2(c3ccc(NC(=O)C(Cc4ccccc4)N4C(=O)c5ccc(C(=O)c6ccc7c(c6)C(=O)N(C(Cc6ccccc6)C(=O)Nc6ccc(C8(c9ccc(N)cc9)c9ccccc9-c9ccccc98)cc6)C7=O)cc5C4=O)cc3)c3ccccc3-c3ccccc32)cc1. The minimum Gasteiger partial charge on any atom is -0.399 e. The Kier molecular flexibility index (Phi) is 14.6. The number of nitrogens with one attached hydrogen (secondary N) is 2. The quantitative estimate of drug-likeness (QED) is 0.0412. The van der Waals surface area contributed by atoms with Crippen LogP contribution in [-0.4, -0.2) is 63.1 Å². The summed E-state index contributed by atoms with van der Waals surface area (Å²) >= 11 is 0. The number of carbonyl (C=O) groups is 7. The summed E-state index contributed by atoms with van der Waals surface area (Å²) in [5.74, 6) is -4.79. The Morgan fingerprint density at radius 3 is 0.929 bits per heavy atom. The standard InChI is InChI=1S/C85H60N6O7/c86-59-37-29-55(30-38-59)84(71-23-11-7-19-63(71)64-20-8-12-24-72(64)84)57-33-41-61(42-34-57)88-78(93)75(47-51-15-3-1-4-16-51)90-80(95)67-45-27-53(49-69(67)82(90)97)77(92)54-28-46-68-70(50-54)83(98)91(81(68)96)76(48-52-17-5-2-6-18-52)79(94)89-62-43-35-58(36-44-62)85(56-31-39-60(87)40-32-56)73-25-13-9-21-65(73)66-22-10-14-26-74(66)85/h1-46,49-50,75-76H,47-48,86-87H2,(H,88,93)(H,89,94). The molecule has 12 aromatic rings. The fourth-order valence-corrected chi connectivity index (χ4v) is 15.4. The van der Waals surface area contributed by atoms with Crippen molar-refractivity contribution in [1.29, 1.82) is 0 Å². The highest BCUT2D eigenvalue weighted by atomic mass is 16.2. The van der Waals surface area contributed by atoms with Crippen molar-refractivity contribution >= 4 is 64.0 Å². The highest BCUT2D eigenvalue weighted by Gasteiger charge is 2.49. The molecular formula is C85H60N6O7. The number of benzene rings is 12. The van der Waals surface area contributed by atoms with E-state index >= 15 is 0 Å². The number of hydrogen-bond donors (Lipinski definition) is 4. The van der Waals surface area contributed by atoms with E-state index in [1.54, 1.807) is 0 Å². The second-order valence-electron chi connectivity index (χ2n) is 25.3. The van der Waals surface area contributed by atoms with Gasteiger partial charge in [-0.3, -0.25) is 43.4 Å². The van der Waals surface area contributed by atoms with Gasteiger partial charge in [-0.2, -0.15) is 0 Å². The van der Waals surface area contributed by atoms with E-state index in [-0.39, 0.29) is 46.2 Å². The van der Waals surface area contributed by atoms with Crippen LogP contribution in [-0.2, 0) is 33.3 Å². The third-order valence-corrected chi connectivity index (χ3v) is 19.9. The Hall–Kier alpha value is -12.9. The van der Waals surface area contributed by atoms with E-state index in [1.165, 1.54) is 36.4 Å². The first-order chi connectivity index (χ1) is 47.8. The molecule has 0 bridgehead atoms. The van der Waals surface area contributed by atoms with Crippen LogP contribution in [0.2, 0.25) is 0 Å². The van der Waals surface area contributed by atoms with E-state index in [4.69, 9.17) is 11.5 Å². The maximum absolute atomic E-state index is 14.9. The lowest BCUT2D eigenvalue weighted by atomic mass is 9.67. The van der Waals surface area contributed by atoms with Gasteiger partial charge in [-0.25, -0.2) is 0 Å². The molecule has 0 aromatic heterocycles. The van der Waals surface area contributed by atoms with Crippen molar-refractivity contribution in [3.05, 3.63) is 380 Å². The third-order valence-electron chi connectivity index (χ3n) is 19.9. The second-order valence-corrected chi connectivity index (χ2v) is 25.3. The van der Waals surface area contributed by atoms with Gasteiger partial charge in [0, 0.05) is 46.7 Å². The molecule has 13 heteroatoms. The zero-order valence-corrected chi connectivity index (χ0v) is 52.7. The molecule has 4 aliphatic rings. The topological polar surface area (TPSA) is 202 Å². The number of hydrogen-bond acceptors (Lipinski definition) is 9. The summed E-state index contributed by atoms with van der Waals surface area (Å²) < 4.78 is 0. The number of fused-ring (bicyclic) bond motifs is 8. The molecule has 2 aliphatic carbocycles. The summed E-state index contributed by atoms with van der Waals surface area (Å²) in [6.07, 6.45) is -0.0399. The lowest BCUT2D eigenvalue weighted by Gasteiger charge is -2.34. The molecule has 6 N–H and O–H groups in total. The average Bonchev–Trinajstić information content (AvgIpc) is 1.54. The van der Waals surface area contributed by atoms with Gasteiger partial charge in [0.2, 0.25) is 11.8 Å². The summed E-state index contributed by atoms with van der Waals surface area (Å²) in [6.45, 7) is 0. The first-order valence-electron chi connectivity index (χ1n) is 32.4. The summed E-state index contributed by atoms with van der Waals surface area (Å²) in [7, 11) is 0. The molecule has 2 heterocycles. The van der Waals surface area contributed by atoms with Crippen molar-refractivity contribution in [2.24, 2.45) is 0 Å². The molecule has 0 spiro atoms. The lowest BCUT2D eigenvalue weighted by Crippen LogP contribution is -2.48. The van der Waals surface area contributed by atoms with Crippen molar-refractivity contribution in [3.63, 3.8) is 0 Å². The number of anilines is 4. The minimum atomic E-state index is -1.33. The molecule has 2 atom stereocenters. The molecule has 6 amide bonds. The van der Waals surface area contributed by atoms with E-state index < -0.39 is 64.1 Å². The Labute approximate surface area is 564 Å². The molecule has 13 nitrogen and oxygen atoms in total. The molecule has 16 rings (SSSR count). The van der Waals surface area contributed by atoms with Gasteiger partial charge in [-0.15, -0.1) is 0 Å². The molecular weight excluding hydrogens is 1220 g/mol. The smallest absolute Gasteiger partial charge is 0.262 e. The van der Waals surface area contributed by atoms with E-state index in [1.807, 2.05) is 206 Å². The van der Waals surface area contributed by atoms with Gasteiger partial charge in [0.05, 0.1) is 33.1 Å². The van der Waals surface area contributed by atoms with Crippen LogP contribution in [0.4, 0.5) is 22.7 Å². The van der Waals surface area contributed by atoms with Crippen LogP contribution in [0.3, 0.4) is 0 Å². The number of nitrogens with zero attached hydrogens (tertiary/aromatic N) is 2. The van der Waals surface area contributed by atoms with Gasteiger partial charge in [-0.1, -0.05) is 218 Å².